The highest BCUT2D eigenvalue weighted by Gasteiger charge is 2.59. The first-order valence-corrected chi connectivity index (χ1v) is 11.9. The number of nitrogens with two attached hydrogens (primary N) is 1. The molecule has 2 saturated carbocycles. The second-order valence-corrected chi connectivity index (χ2v) is 10.5. The quantitative estimate of drug-likeness (QED) is 0.736. The molecule has 33 heavy (non-hydrogen) atoms. The fraction of sp³-hybridized carbons (Fsp3) is 0.667. The van der Waals surface area contributed by atoms with Crippen LogP contribution in [0.25, 0.3) is 11.3 Å². The van der Waals surface area contributed by atoms with E-state index in [1.54, 1.807) is 0 Å². The van der Waals surface area contributed by atoms with Gasteiger partial charge in [0, 0.05) is 61.1 Å². The average Bonchev–Trinajstić information content (AvgIpc) is 3.07. The van der Waals surface area contributed by atoms with Gasteiger partial charge in [0.25, 0.3) is 0 Å². The van der Waals surface area contributed by atoms with Gasteiger partial charge in [-0.15, -0.1) is 0 Å². The number of nitrogen functional groups attached to an aromatic ring is 1. The summed E-state index contributed by atoms with van der Waals surface area (Å²) in [4.78, 5) is 8.89. The molecule has 3 fully saturated rings. The van der Waals surface area contributed by atoms with Crippen molar-refractivity contribution in [2.24, 2.45) is 11.8 Å². The summed E-state index contributed by atoms with van der Waals surface area (Å²) in [7, 11) is 2.19. The maximum Gasteiger partial charge on any atom is 0.419 e. The van der Waals surface area contributed by atoms with Crippen molar-refractivity contribution in [2.75, 3.05) is 32.4 Å². The third-order valence-electron chi connectivity index (χ3n) is 7.89. The van der Waals surface area contributed by atoms with E-state index in [0.717, 1.165) is 31.4 Å². The Morgan fingerprint density at radius 2 is 1.82 bits per heavy atom. The highest BCUT2D eigenvalue weighted by atomic mass is 19.4. The van der Waals surface area contributed by atoms with Gasteiger partial charge < -0.3 is 10.6 Å². The summed E-state index contributed by atoms with van der Waals surface area (Å²) in [5.74, 6) is 1.21. The van der Waals surface area contributed by atoms with E-state index >= 15 is 0 Å². The van der Waals surface area contributed by atoms with Crippen LogP contribution in [-0.2, 0) is 6.18 Å². The van der Waals surface area contributed by atoms with Crippen LogP contribution in [0, 0.1) is 11.8 Å². The molecule has 3 aliphatic rings. The SMILES string of the molecule is CC1CN(C)CCN1C1CC2C(C1)C2c1cc(-c2cnc(N)c(C(F)(F)F)c2)nn1C(C)C. The Hall–Kier alpha value is -2.13. The second-order valence-electron chi connectivity index (χ2n) is 10.5. The third kappa shape index (κ3) is 4.03. The zero-order valence-corrected chi connectivity index (χ0v) is 19.7. The molecule has 3 atom stereocenters. The number of alkyl halides is 3. The van der Waals surface area contributed by atoms with Crippen molar-refractivity contribution in [2.45, 2.75) is 63.8 Å². The van der Waals surface area contributed by atoms with E-state index < -0.39 is 17.6 Å². The number of hydrogen-bond donors (Lipinski definition) is 1. The van der Waals surface area contributed by atoms with E-state index in [0.29, 0.717) is 41.1 Å². The minimum atomic E-state index is -4.54. The summed E-state index contributed by atoms with van der Waals surface area (Å²) in [6.07, 6.45) is -0.757. The lowest BCUT2D eigenvalue weighted by Gasteiger charge is -2.42. The molecule has 0 amide bonds. The number of pyridine rings is 1. The van der Waals surface area contributed by atoms with E-state index in [2.05, 4.69) is 42.6 Å². The largest absolute Gasteiger partial charge is 0.419 e. The zero-order valence-electron chi connectivity index (χ0n) is 19.7. The van der Waals surface area contributed by atoms with Gasteiger partial charge in [-0.3, -0.25) is 9.58 Å². The first kappa shape index (κ1) is 22.7. The molecule has 1 aliphatic heterocycles. The van der Waals surface area contributed by atoms with Crippen molar-refractivity contribution in [3.05, 3.63) is 29.6 Å². The van der Waals surface area contributed by atoms with Gasteiger partial charge >= 0.3 is 6.18 Å². The molecule has 1 saturated heterocycles. The van der Waals surface area contributed by atoms with Gasteiger partial charge in [0.15, 0.2) is 0 Å². The predicted octanol–water partition coefficient (Wildman–Crippen LogP) is 4.25. The first-order chi connectivity index (χ1) is 15.5. The number of nitrogens with zero attached hydrogens (tertiary/aromatic N) is 5. The molecule has 3 heterocycles. The van der Waals surface area contributed by atoms with Crippen LogP contribution < -0.4 is 5.73 Å². The van der Waals surface area contributed by atoms with E-state index in [4.69, 9.17) is 10.8 Å². The maximum absolute atomic E-state index is 13.3. The third-order valence-corrected chi connectivity index (χ3v) is 7.89. The lowest BCUT2D eigenvalue weighted by Crippen LogP contribution is -2.54. The normalized spacial score (nSPS) is 30.7. The Morgan fingerprint density at radius 3 is 2.42 bits per heavy atom. The van der Waals surface area contributed by atoms with Crippen LogP contribution in [0.15, 0.2) is 18.3 Å². The van der Waals surface area contributed by atoms with Crippen molar-refractivity contribution < 1.29 is 13.2 Å². The van der Waals surface area contributed by atoms with Crippen LogP contribution in [-0.4, -0.2) is 63.3 Å². The van der Waals surface area contributed by atoms with Crippen molar-refractivity contribution in [3.63, 3.8) is 0 Å². The summed E-state index contributed by atoms with van der Waals surface area (Å²) >= 11 is 0. The lowest BCUT2D eigenvalue weighted by atomic mass is 10.00. The minimum absolute atomic E-state index is 0.132. The van der Waals surface area contributed by atoms with Gasteiger partial charge in [-0.05, 0) is 64.6 Å². The Kier molecular flexibility index (Phi) is 5.47. The molecular formula is C24H33F3N6. The monoisotopic (exact) mass is 462 g/mol. The Balaban J connectivity index is 1.36. The van der Waals surface area contributed by atoms with Gasteiger partial charge in [0.2, 0.25) is 0 Å². The van der Waals surface area contributed by atoms with Crippen molar-refractivity contribution >= 4 is 5.82 Å². The van der Waals surface area contributed by atoms with Crippen LogP contribution in [0.4, 0.5) is 19.0 Å². The second kappa shape index (κ2) is 7.98. The van der Waals surface area contributed by atoms with Gasteiger partial charge in [0.1, 0.15) is 5.82 Å². The molecule has 2 aromatic heterocycles. The zero-order chi connectivity index (χ0) is 23.7. The number of anilines is 1. The molecule has 0 spiro atoms. The van der Waals surface area contributed by atoms with Crippen molar-refractivity contribution in [3.8, 4) is 11.3 Å². The molecule has 9 heteroatoms. The van der Waals surface area contributed by atoms with Gasteiger partial charge in [-0.25, -0.2) is 4.98 Å². The number of piperazine rings is 1. The Bertz CT molecular complexity index is 1020. The number of aromatic nitrogens is 3. The topological polar surface area (TPSA) is 63.2 Å². The standard InChI is InChI=1S/C24H33F3N6/c1-13(2)33-21(10-20(30-33)15-7-19(24(25,26)27)23(28)29-11-15)22-17-8-16(9-18(17)22)32-6-5-31(4)12-14(32)3/h7,10-11,13-14,16-18,22H,5-6,8-9,12H2,1-4H3,(H2,28,29). The van der Waals surface area contributed by atoms with Crippen LogP contribution in [0.2, 0.25) is 0 Å². The van der Waals surface area contributed by atoms with Crippen LogP contribution in [0.3, 0.4) is 0 Å². The highest BCUT2D eigenvalue weighted by Crippen LogP contribution is 2.64. The summed E-state index contributed by atoms with van der Waals surface area (Å²) in [6, 6.07) is 4.40. The summed E-state index contributed by atoms with van der Waals surface area (Å²) < 4.78 is 42.0. The Morgan fingerprint density at radius 1 is 1.12 bits per heavy atom. The smallest absolute Gasteiger partial charge is 0.383 e. The van der Waals surface area contributed by atoms with E-state index in [-0.39, 0.29) is 6.04 Å². The summed E-state index contributed by atoms with van der Waals surface area (Å²) in [5.41, 5.74) is 6.61. The van der Waals surface area contributed by atoms with Gasteiger partial charge in [-0.1, -0.05) is 0 Å². The Labute approximate surface area is 192 Å². The number of hydrogen-bond acceptors (Lipinski definition) is 5. The first-order valence-electron chi connectivity index (χ1n) is 11.9. The molecular weight excluding hydrogens is 429 g/mol. The number of rotatable bonds is 4. The molecule has 2 aliphatic carbocycles. The molecule has 6 nitrogen and oxygen atoms in total. The van der Waals surface area contributed by atoms with E-state index in [9.17, 15) is 13.2 Å². The average molecular weight is 463 g/mol. The van der Waals surface area contributed by atoms with Crippen LogP contribution in [0.1, 0.15) is 56.8 Å². The summed E-state index contributed by atoms with van der Waals surface area (Å²) in [6.45, 7) is 9.83. The van der Waals surface area contributed by atoms with Crippen molar-refractivity contribution in [1.29, 1.82) is 0 Å². The predicted molar refractivity (Wildman–Crippen MR) is 122 cm³/mol. The number of fused-ring (bicyclic) bond motifs is 1. The summed E-state index contributed by atoms with van der Waals surface area (Å²) in [5, 5.41) is 4.70. The molecule has 0 aromatic carbocycles. The fourth-order valence-corrected chi connectivity index (χ4v) is 6.27. The molecule has 2 aromatic rings. The van der Waals surface area contributed by atoms with Gasteiger partial charge in [0.05, 0.1) is 11.3 Å². The van der Waals surface area contributed by atoms with Gasteiger partial charge in [-0.2, -0.15) is 18.3 Å². The van der Waals surface area contributed by atoms with E-state index in [1.807, 2.05) is 10.7 Å². The lowest BCUT2D eigenvalue weighted by molar-refractivity contribution is -0.137. The highest BCUT2D eigenvalue weighted by molar-refractivity contribution is 5.63. The van der Waals surface area contributed by atoms with Crippen molar-refractivity contribution in [1.82, 2.24) is 24.6 Å². The number of halogens is 3. The molecule has 2 N–H and O–H groups in total. The minimum Gasteiger partial charge on any atom is -0.383 e. The van der Waals surface area contributed by atoms with Crippen LogP contribution in [0.5, 0.6) is 0 Å². The molecule has 0 bridgehead atoms. The molecule has 0 radical (unpaired) electrons. The maximum atomic E-state index is 13.3. The van der Waals surface area contributed by atoms with E-state index in [1.165, 1.54) is 19.0 Å². The number of likely N-dealkylation sites (N-methyl/N-ethyl adjacent to an activating group) is 1. The fourth-order valence-electron chi connectivity index (χ4n) is 6.27. The molecule has 3 unspecified atom stereocenters. The molecule has 5 rings (SSSR count). The molecule has 180 valence electrons. The van der Waals surface area contributed by atoms with Crippen LogP contribution >= 0.6 is 0 Å².